The first-order valence-corrected chi connectivity index (χ1v) is 10.4. The lowest BCUT2D eigenvalue weighted by atomic mass is 10.1. The number of thiophene rings is 1. The molecule has 4 rings (SSSR count). The minimum atomic E-state index is -4.38. The van der Waals surface area contributed by atoms with Crippen LogP contribution in [0.25, 0.3) is 11.4 Å². The molecule has 1 fully saturated rings. The zero-order valence-electron chi connectivity index (χ0n) is 15.9. The van der Waals surface area contributed by atoms with Crippen LogP contribution in [0.2, 0.25) is 0 Å². The van der Waals surface area contributed by atoms with Crippen molar-refractivity contribution < 1.29 is 18.0 Å². The van der Waals surface area contributed by atoms with E-state index in [9.17, 15) is 18.0 Å². The zero-order valence-corrected chi connectivity index (χ0v) is 16.8. The van der Waals surface area contributed by atoms with E-state index in [1.54, 1.807) is 11.3 Å². The third-order valence-electron chi connectivity index (χ3n) is 4.93. The van der Waals surface area contributed by atoms with Crippen molar-refractivity contribution in [3.8, 4) is 11.4 Å². The van der Waals surface area contributed by atoms with Crippen LogP contribution in [0, 0.1) is 0 Å². The predicted molar refractivity (Wildman–Crippen MR) is 109 cm³/mol. The number of benzene rings is 1. The molecule has 3 aromatic rings. The summed E-state index contributed by atoms with van der Waals surface area (Å²) in [6, 6.07) is 6.67. The Labute approximate surface area is 175 Å². The summed E-state index contributed by atoms with van der Waals surface area (Å²) in [7, 11) is 0. The van der Waals surface area contributed by atoms with Gasteiger partial charge in [-0.15, -0.1) is 0 Å². The number of anilines is 1. The largest absolute Gasteiger partial charge is 0.416 e. The molecule has 9 heteroatoms. The smallest absolute Gasteiger partial charge is 0.356 e. The van der Waals surface area contributed by atoms with Crippen LogP contribution in [0.3, 0.4) is 0 Å². The number of amides is 1. The van der Waals surface area contributed by atoms with E-state index < -0.39 is 11.7 Å². The maximum atomic E-state index is 12.8. The molecule has 1 N–H and O–H groups in total. The summed E-state index contributed by atoms with van der Waals surface area (Å²) in [6.45, 7) is 1.75. The highest BCUT2D eigenvalue weighted by Gasteiger charge is 2.30. The van der Waals surface area contributed by atoms with Crippen LogP contribution in [0.4, 0.5) is 19.0 Å². The van der Waals surface area contributed by atoms with Crippen molar-refractivity contribution in [2.24, 2.45) is 0 Å². The lowest BCUT2D eigenvalue weighted by Gasteiger charge is -2.20. The first-order chi connectivity index (χ1) is 14.4. The third kappa shape index (κ3) is 4.46. The van der Waals surface area contributed by atoms with Gasteiger partial charge in [-0.1, -0.05) is 12.1 Å². The Morgan fingerprint density at radius 2 is 1.87 bits per heavy atom. The van der Waals surface area contributed by atoms with Gasteiger partial charge in [0, 0.05) is 36.8 Å². The minimum Gasteiger partial charge on any atom is -0.356 e. The first kappa shape index (κ1) is 20.3. The molecule has 1 aromatic carbocycles. The highest BCUT2D eigenvalue weighted by molar-refractivity contribution is 7.08. The van der Waals surface area contributed by atoms with Crippen molar-refractivity contribution in [1.82, 2.24) is 15.3 Å². The van der Waals surface area contributed by atoms with Crippen molar-refractivity contribution >= 4 is 23.1 Å². The van der Waals surface area contributed by atoms with Gasteiger partial charge in [0.05, 0.1) is 5.56 Å². The zero-order chi connectivity index (χ0) is 21.1. The van der Waals surface area contributed by atoms with Gasteiger partial charge in [0.25, 0.3) is 5.91 Å². The molecule has 0 bridgehead atoms. The summed E-state index contributed by atoms with van der Waals surface area (Å²) >= 11 is 1.55. The molecule has 1 aliphatic heterocycles. The van der Waals surface area contributed by atoms with E-state index in [2.05, 4.69) is 20.2 Å². The fourth-order valence-corrected chi connectivity index (χ4v) is 3.96. The molecule has 0 unspecified atom stereocenters. The summed E-state index contributed by atoms with van der Waals surface area (Å²) in [5, 5.41) is 6.66. The van der Waals surface area contributed by atoms with Crippen LogP contribution in [0.15, 0.2) is 47.3 Å². The Morgan fingerprint density at radius 3 is 2.50 bits per heavy atom. The summed E-state index contributed by atoms with van der Waals surface area (Å²) in [4.78, 5) is 23.9. The number of carbonyl (C=O) groups is 1. The Hall–Kier alpha value is -2.94. The molecule has 0 spiro atoms. The van der Waals surface area contributed by atoms with E-state index in [1.807, 2.05) is 16.8 Å². The second-order valence-electron chi connectivity index (χ2n) is 7.01. The number of hydrogen-bond acceptors (Lipinski definition) is 5. The number of aromatic nitrogens is 2. The standard InChI is InChI=1S/C21H19F3N4OS/c22-21(23,24)16-5-3-14(4-6-16)11-26-20(29)17-12-25-18(15-7-10-30-13-15)27-19(17)28-8-1-2-9-28/h3-7,10,12-13H,1-2,8-9,11H2,(H,26,29). The van der Waals surface area contributed by atoms with Gasteiger partial charge in [0.1, 0.15) is 11.4 Å². The van der Waals surface area contributed by atoms with Gasteiger partial charge in [-0.05, 0) is 42.0 Å². The maximum Gasteiger partial charge on any atom is 0.416 e. The molecule has 30 heavy (non-hydrogen) atoms. The average molecular weight is 432 g/mol. The molecule has 1 aliphatic rings. The highest BCUT2D eigenvalue weighted by atomic mass is 32.1. The molecule has 156 valence electrons. The molecule has 1 amide bonds. The molecule has 3 heterocycles. The summed E-state index contributed by atoms with van der Waals surface area (Å²) < 4.78 is 38.1. The highest BCUT2D eigenvalue weighted by Crippen LogP contribution is 2.29. The Morgan fingerprint density at radius 1 is 1.13 bits per heavy atom. The maximum absolute atomic E-state index is 12.8. The SMILES string of the molecule is O=C(NCc1ccc(C(F)(F)F)cc1)c1cnc(-c2ccsc2)nc1N1CCCC1. The van der Waals surface area contributed by atoms with Crippen molar-refractivity contribution in [3.05, 3.63) is 64.0 Å². The fraction of sp³-hybridized carbons (Fsp3) is 0.286. The number of carbonyl (C=O) groups excluding carboxylic acids is 1. The minimum absolute atomic E-state index is 0.114. The number of nitrogens with one attached hydrogen (secondary N) is 1. The van der Waals surface area contributed by atoms with Crippen LogP contribution in [0.5, 0.6) is 0 Å². The molecule has 5 nitrogen and oxygen atoms in total. The number of alkyl halides is 3. The summed E-state index contributed by atoms with van der Waals surface area (Å²) in [5.74, 6) is 0.805. The van der Waals surface area contributed by atoms with E-state index in [-0.39, 0.29) is 12.5 Å². The third-order valence-corrected chi connectivity index (χ3v) is 5.62. The lowest BCUT2D eigenvalue weighted by Crippen LogP contribution is -2.28. The predicted octanol–water partition coefficient (Wildman–Crippen LogP) is 4.75. The van der Waals surface area contributed by atoms with Gasteiger partial charge in [0.15, 0.2) is 5.82 Å². The van der Waals surface area contributed by atoms with Crippen molar-refractivity contribution in [2.45, 2.75) is 25.6 Å². The van der Waals surface area contributed by atoms with Gasteiger partial charge in [-0.3, -0.25) is 4.79 Å². The first-order valence-electron chi connectivity index (χ1n) is 9.51. The van der Waals surface area contributed by atoms with Crippen molar-refractivity contribution in [1.29, 1.82) is 0 Å². The second kappa shape index (κ2) is 8.43. The molecule has 0 aliphatic carbocycles. The average Bonchev–Trinajstić information content (AvgIpc) is 3.45. The Kier molecular flexibility index (Phi) is 5.72. The number of rotatable bonds is 5. The normalized spacial score (nSPS) is 14.2. The second-order valence-corrected chi connectivity index (χ2v) is 7.79. The van der Waals surface area contributed by atoms with Gasteiger partial charge in [0.2, 0.25) is 0 Å². The van der Waals surface area contributed by atoms with E-state index in [1.165, 1.54) is 18.3 Å². The van der Waals surface area contributed by atoms with Crippen LogP contribution in [0.1, 0.15) is 34.3 Å². The molecule has 0 radical (unpaired) electrons. The van der Waals surface area contributed by atoms with E-state index in [0.29, 0.717) is 22.8 Å². The Bertz CT molecular complexity index is 1010. The van der Waals surface area contributed by atoms with Gasteiger partial charge in [-0.2, -0.15) is 24.5 Å². The van der Waals surface area contributed by atoms with Crippen LogP contribution >= 0.6 is 11.3 Å². The summed E-state index contributed by atoms with van der Waals surface area (Å²) in [5.41, 5.74) is 1.13. The van der Waals surface area contributed by atoms with E-state index >= 15 is 0 Å². The van der Waals surface area contributed by atoms with Crippen LogP contribution in [-0.2, 0) is 12.7 Å². The van der Waals surface area contributed by atoms with Crippen molar-refractivity contribution in [3.63, 3.8) is 0 Å². The quantitative estimate of drug-likeness (QED) is 0.632. The molecule has 0 atom stereocenters. The Balaban J connectivity index is 1.53. The van der Waals surface area contributed by atoms with E-state index in [4.69, 9.17) is 0 Å². The number of halogens is 3. The molecular formula is C21H19F3N4OS. The van der Waals surface area contributed by atoms with Crippen LogP contribution in [-0.4, -0.2) is 29.0 Å². The van der Waals surface area contributed by atoms with Crippen molar-refractivity contribution in [2.75, 3.05) is 18.0 Å². The van der Waals surface area contributed by atoms with Gasteiger partial charge in [-0.25, -0.2) is 9.97 Å². The monoisotopic (exact) mass is 432 g/mol. The molecular weight excluding hydrogens is 413 g/mol. The van der Waals surface area contributed by atoms with Gasteiger partial charge >= 0.3 is 6.18 Å². The lowest BCUT2D eigenvalue weighted by molar-refractivity contribution is -0.137. The summed E-state index contributed by atoms with van der Waals surface area (Å²) in [6.07, 6.45) is -0.793. The molecule has 2 aromatic heterocycles. The van der Waals surface area contributed by atoms with E-state index in [0.717, 1.165) is 43.6 Å². The fourth-order valence-electron chi connectivity index (χ4n) is 3.32. The topological polar surface area (TPSA) is 58.1 Å². The molecule has 0 saturated carbocycles. The van der Waals surface area contributed by atoms with Crippen LogP contribution < -0.4 is 10.2 Å². The molecule has 1 saturated heterocycles. The van der Waals surface area contributed by atoms with Gasteiger partial charge < -0.3 is 10.2 Å². The number of nitrogens with zero attached hydrogens (tertiary/aromatic N) is 3. The number of hydrogen-bond donors (Lipinski definition) is 1.